The number of ether oxygens (including phenoxy) is 4. The quantitative estimate of drug-likeness (QED) is 0.220. The van der Waals surface area contributed by atoms with Crippen LogP contribution >= 0.6 is 0 Å². The highest BCUT2D eigenvalue weighted by molar-refractivity contribution is 6.74. The number of hydrogen-bond donors (Lipinski definition) is 0. The monoisotopic (exact) mass is 588 g/mol. The van der Waals surface area contributed by atoms with Crippen molar-refractivity contribution < 1.29 is 23.4 Å². The standard InChI is InChI=1S/C35H60O5Si/c1-23(31-37-20-33(5,6)21-38-31)27-14-15-28-26-13-12-24-18-25(40-41(10,11)32(2,3)4)19-30(39-22-36-9)35(24,8)29(26)16-17-34(27,28)7/h12-13,23,25,27-31H,14-22H2,1-11H3/t23?,25-,27-,28+,29+,30+,34-,35+/m1/s1. The van der Waals surface area contributed by atoms with Crippen molar-refractivity contribution in [1.82, 2.24) is 0 Å². The second-order valence-electron chi connectivity index (χ2n) is 17.0. The van der Waals surface area contributed by atoms with Crippen molar-refractivity contribution in [3.63, 3.8) is 0 Å². The van der Waals surface area contributed by atoms with Crippen LogP contribution in [-0.4, -0.2) is 53.9 Å². The highest BCUT2D eigenvalue weighted by atomic mass is 28.4. The zero-order valence-corrected chi connectivity index (χ0v) is 29.1. The van der Waals surface area contributed by atoms with Crippen LogP contribution in [0.25, 0.3) is 0 Å². The lowest BCUT2D eigenvalue weighted by molar-refractivity contribution is -0.252. The smallest absolute Gasteiger partial charge is 0.192 e. The maximum atomic E-state index is 7.01. The van der Waals surface area contributed by atoms with Crippen LogP contribution in [0.1, 0.15) is 93.9 Å². The summed E-state index contributed by atoms with van der Waals surface area (Å²) in [7, 11) is -0.147. The Labute approximate surface area is 252 Å². The van der Waals surface area contributed by atoms with Gasteiger partial charge in [0.1, 0.15) is 6.79 Å². The van der Waals surface area contributed by atoms with E-state index in [4.69, 9.17) is 23.4 Å². The minimum atomic E-state index is -1.89. The summed E-state index contributed by atoms with van der Waals surface area (Å²) in [4.78, 5) is 0. The number of hydrogen-bond acceptors (Lipinski definition) is 5. The molecule has 5 nitrogen and oxygen atoms in total. The van der Waals surface area contributed by atoms with Crippen LogP contribution in [-0.2, 0) is 23.4 Å². The molecule has 0 radical (unpaired) electrons. The zero-order chi connectivity index (χ0) is 30.0. The van der Waals surface area contributed by atoms with Gasteiger partial charge in [0.05, 0.1) is 25.4 Å². The van der Waals surface area contributed by atoms with Gasteiger partial charge in [0.15, 0.2) is 14.6 Å². The molecule has 234 valence electrons. The summed E-state index contributed by atoms with van der Waals surface area (Å²) >= 11 is 0. The van der Waals surface area contributed by atoms with Gasteiger partial charge in [0, 0.05) is 23.9 Å². The molecule has 8 atom stereocenters. The van der Waals surface area contributed by atoms with Crippen LogP contribution < -0.4 is 0 Å². The minimum absolute atomic E-state index is 0.0118. The van der Waals surface area contributed by atoms with E-state index in [-0.39, 0.29) is 39.8 Å². The topological polar surface area (TPSA) is 46.2 Å². The second-order valence-corrected chi connectivity index (χ2v) is 21.7. The molecule has 5 rings (SSSR count). The van der Waals surface area contributed by atoms with E-state index in [0.29, 0.717) is 30.5 Å². The van der Waals surface area contributed by atoms with E-state index in [1.54, 1.807) is 12.7 Å². The minimum Gasteiger partial charge on any atom is -0.414 e. The molecular formula is C35H60O5Si. The SMILES string of the molecule is COCO[C@H]1C[C@H](O[Si](C)(C)C(C)(C)C)CC2=CC=C3[C@@H]4CC[C@H](C(C)C5OCC(C)(C)CO5)[C@@]4(C)CC[C@@H]3[C@]21C. The molecule has 1 saturated heterocycles. The fraction of sp³-hybridized carbons (Fsp3) is 0.886. The molecule has 1 heterocycles. The predicted octanol–water partition coefficient (Wildman–Crippen LogP) is 8.51. The number of fused-ring (bicyclic) bond motifs is 5. The first-order valence-electron chi connectivity index (χ1n) is 16.5. The average molecular weight is 589 g/mol. The van der Waals surface area contributed by atoms with Crippen LogP contribution in [0.5, 0.6) is 0 Å². The molecule has 0 aromatic rings. The van der Waals surface area contributed by atoms with Gasteiger partial charge in [0.2, 0.25) is 0 Å². The molecule has 5 aliphatic rings. The van der Waals surface area contributed by atoms with Crippen LogP contribution in [0.4, 0.5) is 0 Å². The van der Waals surface area contributed by atoms with E-state index in [9.17, 15) is 0 Å². The Bertz CT molecular complexity index is 1020. The zero-order valence-electron chi connectivity index (χ0n) is 28.1. The fourth-order valence-electron chi connectivity index (χ4n) is 9.18. The van der Waals surface area contributed by atoms with E-state index < -0.39 is 8.32 Å². The summed E-state index contributed by atoms with van der Waals surface area (Å²) in [6.07, 6.45) is 12.2. The summed E-state index contributed by atoms with van der Waals surface area (Å²) in [6.45, 7) is 25.6. The Morgan fingerprint density at radius 1 is 1.00 bits per heavy atom. The molecule has 0 bridgehead atoms. The molecule has 0 aromatic heterocycles. The summed E-state index contributed by atoms with van der Waals surface area (Å²) in [6, 6.07) is 0. The van der Waals surface area contributed by atoms with Crippen LogP contribution in [0.15, 0.2) is 23.3 Å². The summed E-state index contributed by atoms with van der Waals surface area (Å²) in [5.74, 6) is 2.16. The Kier molecular flexibility index (Phi) is 8.67. The molecule has 0 amide bonds. The molecule has 6 heteroatoms. The number of methoxy groups -OCH3 is 1. The molecule has 3 saturated carbocycles. The number of allylic oxidation sites excluding steroid dienone is 3. The molecule has 0 aromatic carbocycles. The van der Waals surface area contributed by atoms with Crippen molar-refractivity contribution in [3.05, 3.63) is 23.3 Å². The lowest BCUT2D eigenvalue weighted by Crippen LogP contribution is -2.55. The first-order chi connectivity index (χ1) is 19.0. The normalized spacial score (nSPS) is 40.2. The van der Waals surface area contributed by atoms with Gasteiger partial charge < -0.3 is 23.4 Å². The second kappa shape index (κ2) is 11.1. The van der Waals surface area contributed by atoms with Crippen molar-refractivity contribution in [2.75, 3.05) is 27.1 Å². The molecule has 4 fully saturated rings. The van der Waals surface area contributed by atoms with Crippen molar-refractivity contribution in [2.45, 2.75) is 131 Å². The Morgan fingerprint density at radius 2 is 1.68 bits per heavy atom. The van der Waals surface area contributed by atoms with Crippen LogP contribution in [0.2, 0.25) is 18.1 Å². The number of rotatable bonds is 7. The van der Waals surface area contributed by atoms with E-state index >= 15 is 0 Å². The molecule has 1 unspecified atom stereocenters. The first-order valence-corrected chi connectivity index (χ1v) is 19.4. The first kappa shape index (κ1) is 31.9. The van der Waals surface area contributed by atoms with Crippen LogP contribution in [0, 0.1) is 39.9 Å². The molecule has 0 spiro atoms. The predicted molar refractivity (Wildman–Crippen MR) is 168 cm³/mol. The third-order valence-corrected chi connectivity index (χ3v) is 17.2. The van der Waals surface area contributed by atoms with Gasteiger partial charge in [-0.05, 0) is 79.8 Å². The molecular weight excluding hydrogens is 528 g/mol. The van der Waals surface area contributed by atoms with Crippen molar-refractivity contribution in [3.8, 4) is 0 Å². The van der Waals surface area contributed by atoms with E-state index in [2.05, 4.69) is 80.6 Å². The third-order valence-electron chi connectivity index (χ3n) is 12.7. The Balaban J connectivity index is 1.39. The summed E-state index contributed by atoms with van der Waals surface area (Å²) < 4.78 is 31.7. The van der Waals surface area contributed by atoms with Gasteiger partial charge in [-0.25, -0.2) is 0 Å². The van der Waals surface area contributed by atoms with Gasteiger partial charge in [-0.2, -0.15) is 0 Å². The van der Waals surface area contributed by atoms with Gasteiger partial charge in [-0.3, -0.25) is 0 Å². The molecule has 41 heavy (non-hydrogen) atoms. The lowest BCUT2D eigenvalue weighted by atomic mass is 9.49. The lowest BCUT2D eigenvalue weighted by Gasteiger charge is -2.58. The van der Waals surface area contributed by atoms with Gasteiger partial charge in [0.25, 0.3) is 0 Å². The van der Waals surface area contributed by atoms with Gasteiger partial charge >= 0.3 is 0 Å². The third kappa shape index (κ3) is 5.61. The van der Waals surface area contributed by atoms with E-state index in [1.165, 1.54) is 31.3 Å². The van der Waals surface area contributed by atoms with Gasteiger partial charge in [-0.1, -0.05) is 78.7 Å². The molecule has 0 N–H and O–H groups in total. The van der Waals surface area contributed by atoms with E-state index in [1.807, 2.05) is 0 Å². The molecule has 1 aliphatic heterocycles. The molecule has 4 aliphatic carbocycles. The van der Waals surface area contributed by atoms with Crippen LogP contribution in [0.3, 0.4) is 0 Å². The van der Waals surface area contributed by atoms with Gasteiger partial charge in [-0.15, -0.1) is 0 Å². The highest BCUT2D eigenvalue weighted by Crippen LogP contribution is 2.66. The Morgan fingerprint density at radius 3 is 2.32 bits per heavy atom. The summed E-state index contributed by atoms with van der Waals surface area (Å²) in [5, 5.41) is 0.193. The van der Waals surface area contributed by atoms with Crippen molar-refractivity contribution in [1.29, 1.82) is 0 Å². The highest BCUT2D eigenvalue weighted by Gasteiger charge is 2.60. The Hall–Kier alpha value is -0.503. The van der Waals surface area contributed by atoms with Crippen molar-refractivity contribution in [2.24, 2.45) is 39.9 Å². The fourth-order valence-corrected chi connectivity index (χ4v) is 10.5. The van der Waals surface area contributed by atoms with Crippen molar-refractivity contribution >= 4 is 8.32 Å². The largest absolute Gasteiger partial charge is 0.414 e. The summed E-state index contributed by atoms with van der Waals surface area (Å²) in [5.41, 5.74) is 3.59. The van der Waals surface area contributed by atoms with E-state index in [0.717, 1.165) is 26.1 Å². The maximum absolute atomic E-state index is 7.01. The average Bonchev–Trinajstić information content (AvgIpc) is 3.23. The maximum Gasteiger partial charge on any atom is 0.192 e.